The molecule has 3 aromatic heterocycles. The molecule has 0 saturated heterocycles. The van der Waals surface area contributed by atoms with Gasteiger partial charge in [-0.05, 0) is 25.1 Å². The lowest BCUT2D eigenvalue weighted by Gasteiger charge is -2.08. The van der Waals surface area contributed by atoms with Crippen molar-refractivity contribution in [3.63, 3.8) is 0 Å². The van der Waals surface area contributed by atoms with Crippen LogP contribution in [0, 0.1) is 17.0 Å². The number of benzene rings is 1. The van der Waals surface area contributed by atoms with E-state index in [1.165, 1.54) is 39.6 Å². The van der Waals surface area contributed by atoms with Gasteiger partial charge in [-0.2, -0.15) is 0 Å². The zero-order valence-corrected chi connectivity index (χ0v) is 14.2. The van der Waals surface area contributed by atoms with E-state index in [0.717, 1.165) is 5.69 Å². The maximum absolute atomic E-state index is 12.7. The van der Waals surface area contributed by atoms with Crippen LogP contribution in [0.1, 0.15) is 11.4 Å². The average Bonchev–Trinajstić information content (AvgIpc) is 2.63. The molecule has 3 heterocycles. The molecule has 0 aliphatic rings. The first kappa shape index (κ1) is 16.6. The van der Waals surface area contributed by atoms with Crippen LogP contribution in [-0.2, 0) is 6.54 Å². The number of hydrogen-bond acceptors (Lipinski definition) is 6. The molecule has 4 aromatic rings. The van der Waals surface area contributed by atoms with Crippen LogP contribution in [0.4, 0.5) is 5.69 Å². The van der Waals surface area contributed by atoms with Crippen LogP contribution < -0.4 is 11.1 Å². The summed E-state index contributed by atoms with van der Waals surface area (Å²) >= 11 is 0. The Kier molecular flexibility index (Phi) is 3.76. The fourth-order valence-electron chi connectivity index (χ4n) is 2.99. The Morgan fingerprint density at radius 1 is 1.15 bits per heavy atom. The van der Waals surface area contributed by atoms with Crippen LogP contribution in [0.2, 0.25) is 0 Å². The molecule has 0 N–H and O–H groups in total. The van der Waals surface area contributed by atoms with E-state index < -0.39 is 4.92 Å². The summed E-state index contributed by atoms with van der Waals surface area (Å²) in [4.78, 5) is 43.9. The molecule has 0 unspecified atom stereocenters. The van der Waals surface area contributed by atoms with Crippen molar-refractivity contribution in [2.45, 2.75) is 13.5 Å². The van der Waals surface area contributed by atoms with Crippen LogP contribution in [0.3, 0.4) is 0 Å². The van der Waals surface area contributed by atoms with E-state index in [1.807, 2.05) is 13.0 Å². The van der Waals surface area contributed by atoms with E-state index in [1.54, 1.807) is 12.1 Å². The fourth-order valence-corrected chi connectivity index (χ4v) is 2.99. The molecule has 0 amide bonds. The molecule has 0 spiro atoms. The van der Waals surface area contributed by atoms with Gasteiger partial charge in [0.15, 0.2) is 0 Å². The van der Waals surface area contributed by atoms with Crippen LogP contribution in [-0.4, -0.2) is 23.9 Å². The minimum Gasteiger partial charge on any atom is -0.293 e. The van der Waals surface area contributed by atoms with Gasteiger partial charge < -0.3 is 0 Å². The molecule has 1 aromatic carbocycles. The molecule has 0 aliphatic heterocycles. The second kappa shape index (κ2) is 6.13. The van der Waals surface area contributed by atoms with Gasteiger partial charge in [0.05, 0.1) is 34.4 Å². The first-order valence-electron chi connectivity index (χ1n) is 8.06. The lowest BCUT2D eigenvalue weighted by atomic mass is 10.2. The molecule has 0 radical (unpaired) electrons. The number of nitro benzene ring substituents is 1. The minimum atomic E-state index is -0.541. The Bertz CT molecular complexity index is 1340. The summed E-state index contributed by atoms with van der Waals surface area (Å²) in [5, 5.41) is 11.1. The molecule has 27 heavy (non-hydrogen) atoms. The lowest BCUT2D eigenvalue weighted by Crippen LogP contribution is -2.24. The van der Waals surface area contributed by atoms with Crippen molar-refractivity contribution in [1.29, 1.82) is 0 Å². The molecule has 9 nitrogen and oxygen atoms in total. The third kappa shape index (κ3) is 2.84. The molecule has 0 fully saturated rings. The fraction of sp³-hybridized carbons (Fsp3) is 0.111. The normalized spacial score (nSPS) is 11.1. The molecular formula is C18H13N5O4. The van der Waals surface area contributed by atoms with Crippen LogP contribution in [0.15, 0.2) is 58.4 Å². The second-order valence-electron chi connectivity index (χ2n) is 6.08. The van der Waals surface area contributed by atoms with Gasteiger partial charge >= 0.3 is 0 Å². The summed E-state index contributed by atoms with van der Waals surface area (Å²) in [6.07, 6.45) is 1.30. The summed E-state index contributed by atoms with van der Waals surface area (Å²) in [5.74, 6) is 0. The Labute approximate surface area is 151 Å². The van der Waals surface area contributed by atoms with E-state index in [9.17, 15) is 19.7 Å². The zero-order chi connectivity index (χ0) is 19.1. The molecule has 0 bridgehead atoms. The van der Waals surface area contributed by atoms with Gasteiger partial charge in [0.25, 0.3) is 16.8 Å². The van der Waals surface area contributed by atoms with E-state index in [-0.39, 0.29) is 34.3 Å². The van der Waals surface area contributed by atoms with Gasteiger partial charge in [0.2, 0.25) is 0 Å². The van der Waals surface area contributed by atoms with Crippen molar-refractivity contribution in [2.24, 2.45) is 0 Å². The van der Waals surface area contributed by atoms with Gasteiger partial charge in [-0.3, -0.25) is 28.7 Å². The minimum absolute atomic E-state index is 0.0679. The summed E-state index contributed by atoms with van der Waals surface area (Å²) in [5.41, 5.74) is 1.21. The first-order chi connectivity index (χ1) is 12.9. The lowest BCUT2D eigenvalue weighted by molar-refractivity contribution is -0.384. The van der Waals surface area contributed by atoms with Crippen molar-refractivity contribution in [1.82, 2.24) is 18.9 Å². The number of hydrogen-bond donors (Lipinski definition) is 0. The smallest absolute Gasteiger partial charge is 0.271 e. The second-order valence-corrected chi connectivity index (χ2v) is 6.08. The highest BCUT2D eigenvalue weighted by Crippen LogP contribution is 2.16. The van der Waals surface area contributed by atoms with Crippen molar-refractivity contribution in [2.75, 3.05) is 0 Å². The molecular weight excluding hydrogens is 350 g/mol. The van der Waals surface area contributed by atoms with E-state index in [2.05, 4.69) is 9.97 Å². The topological polar surface area (TPSA) is 112 Å². The van der Waals surface area contributed by atoms with Gasteiger partial charge in [-0.25, -0.2) is 9.97 Å². The predicted molar refractivity (Wildman–Crippen MR) is 98.0 cm³/mol. The Balaban J connectivity index is 1.80. The standard InChI is InChI=1S/C18H13N5O4/c1-11-3-2-4-16-20-12(7-17(24)22(11)16)9-21-10-19-15-8-13(23(26)27)5-6-14(15)18(21)25/h2-8,10H,9H2,1H3. The molecule has 134 valence electrons. The third-order valence-electron chi connectivity index (χ3n) is 4.29. The van der Waals surface area contributed by atoms with Gasteiger partial charge in [0.1, 0.15) is 5.65 Å². The van der Waals surface area contributed by atoms with Gasteiger partial charge in [-0.1, -0.05) is 6.07 Å². The predicted octanol–water partition coefficient (Wildman–Crippen LogP) is 1.67. The number of aryl methyl sites for hydroxylation is 1. The largest absolute Gasteiger partial charge is 0.293 e. The van der Waals surface area contributed by atoms with Gasteiger partial charge in [-0.15, -0.1) is 0 Å². The Morgan fingerprint density at radius 3 is 2.74 bits per heavy atom. The van der Waals surface area contributed by atoms with Crippen molar-refractivity contribution < 1.29 is 4.92 Å². The molecule has 0 saturated carbocycles. The number of aromatic nitrogens is 4. The molecule has 0 aliphatic carbocycles. The summed E-state index contributed by atoms with van der Waals surface area (Å²) in [6, 6.07) is 10.6. The third-order valence-corrected chi connectivity index (χ3v) is 4.29. The Hall–Kier alpha value is -3.88. The van der Waals surface area contributed by atoms with E-state index in [0.29, 0.717) is 11.3 Å². The highest BCUT2D eigenvalue weighted by atomic mass is 16.6. The van der Waals surface area contributed by atoms with E-state index >= 15 is 0 Å². The highest BCUT2D eigenvalue weighted by Gasteiger charge is 2.12. The van der Waals surface area contributed by atoms with Crippen molar-refractivity contribution in [3.05, 3.63) is 91.0 Å². The zero-order valence-electron chi connectivity index (χ0n) is 14.2. The van der Waals surface area contributed by atoms with E-state index in [4.69, 9.17) is 0 Å². The molecule has 0 atom stereocenters. The number of pyridine rings is 1. The maximum atomic E-state index is 12.7. The van der Waals surface area contributed by atoms with Crippen LogP contribution >= 0.6 is 0 Å². The molecule has 4 rings (SSSR count). The first-order valence-corrected chi connectivity index (χ1v) is 8.06. The van der Waals surface area contributed by atoms with Gasteiger partial charge in [0, 0.05) is 23.9 Å². The van der Waals surface area contributed by atoms with Crippen molar-refractivity contribution in [3.8, 4) is 0 Å². The molecule has 9 heteroatoms. The SMILES string of the molecule is Cc1cccc2nc(Cn3cnc4cc([N+](=O)[O-])ccc4c3=O)cc(=O)n12. The number of nitrogens with zero attached hydrogens (tertiary/aromatic N) is 5. The monoisotopic (exact) mass is 363 g/mol. The number of nitro groups is 1. The van der Waals surface area contributed by atoms with Crippen LogP contribution in [0.25, 0.3) is 16.6 Å². The average molecular weight is 363 g/mol. The quantitative estimate of drug-likeness (QED) is 0.404. The Morgan fingerprint density at radius 2 is 1.96 bits per heavy atom. The summed E-state index contributed by atoms with van der Waals surface area (Å²) in [6.45, 7) is 1.88. The maximum Gasteiger partial charge on any atom is 0.271 e. The summed E-state index contributed by atoms with van der Waals surface area (Å²) in [7, 11) is 0. The van der Waals surface area contributed by atoms with Crippen LogP contribution in [0.5, 0.6) is 0 Å². The summed E-state index contributed by atoms with van der Waals surface area (Å²) < 4.78 is 2.81. The number of fused-ring (bicyclic) bond motifs is 2. The van der Waals surface area contributed by atoms with Crippen molar-refractivity contribution >= 4 is 22.2 Å². The number of rotatable bonds is 3. The number of non-ortho nitro benzene ring substituents is 1. The highest BCUT2D eigenvalue weighted by molar-refractivity contribution is 5.79.